The molecule has 0 radical (unpaired) electrons. The Labute approximate surface area is 96.0 Å². The average molecular weight is 228 g/mol. The normalized spacial score (nSPS) is 14.9. The predicted octanol–water partition coefficient (Wildman–Crippen LogP) is 2.54. The molecule has 0 saturated carbocycles. The van der Waals surface area contributed by atoms with Crippen LogP contribution < -0.4 is 0 Å². The number of carboxylic acid groups (broad SMARTS) is 2. The zero-order valence-electron chi connectivity index (χ0n) is 9.85. The van der Waals surface area contributed by atoms with Crippen LogP contribution in [0.1, 0.15) is 39.5 Å². The first-order valence-corrected chi connectivity index (χ1v) is 5.60. The van der Waals surface area contributed by atoms with E-state index in [0.29, 0.717) is 0 Å². The van der Waals surface area contributed by atoms with Crippen molar-refractivity contribution in [3.05, 3.63) is 12.2 Å². The Balaban J connectivity index is 4.26. The van der Waals surface area contributed by atoms with Crippen LogP contribution in [0.15, 0.2) is 12.2 Å². The Kier molecular flexibility index (Phi) is 7.25. The molecule has 0 aliphatic heterocycles. The van der Waals surface area contributed by atoms with E-state index in [1.807, 2.05) is 6.08 Å². The monoisotopic (exact) mass is 228 g/mol. The summed E-state index contributed by atoms with van der Waals surface area (Å²) in [4.78, 5) is 21.4. The van der Waals surface area contributed by atoms with Gasteiger partial charge in [0.1, 0.15) is 0 Å². The number of carbonyl (C=O) groups is 2. The summed E-state index contributed by atoms with van der Waals surface area (Å²) in [6.07, 6.45) is 6.49. The summed E-state index contributed by atoms with van der Waals surface area (Å²) >= 11 is 0. The molecule has 2 N–H and O–H groups in total. The molecule has 2 atom stereocenters. The SMILES string of the molecule is CCCC/C=C/C(C)C(CC(=O)O)C(=O)O. The van der Waals surface area contributed by atoms with Crippen molar-refractivity contribution in [2.45, 2.75) is 39.5 Å². The van der Waals surface area contributed by atoms with E-state index in [9.17, 15) is 9.59 Å². The van der Waals surface area contributed by atoms with Crippen molar-refractivity contribution in [2.75, 3.05) is 0 Å². The van der Waals surface area contributed by atoms with Crippen LogP contribution in [0, 0.1) is 11.8 Å². The Morgan fingerprint density at radius 2 is 1.94 bits per heavy atom. The molecule has 0 fully saturated rings. The zero-order chi connectivity index (χ0) is 12.6. The van der Waals surface area contributed by atoms with Gasteiger partial charge < -0.3 is 10.2 Å². The third-order valence-electron chi connectivity index (χ3n) is 2.51. The molecule has 0 aliphatic rings. The maximum Gasteiger partial charge on any atom is 0.307 e. The molecular weight excluding hydrogens is 208 g/mol. The van der Waals surface area contributed by atoms with E-state index in [-0.39, 0.29) is 12.3 Å². The summed E-state index contributed by atoms with van der Waals surface area (Å²) in [7, 11) is 0. The Morgan fingerprint density at radius 1 is 1.31 bits per heavy atom. The van der Waals surface area contributed by atoms with Crippen LogP contribution in [0.5, 0.6) is 0 Å². The van der Waals surface area contributed by atoms with Gasteiger partial charge in [0, 0.05) is 0 Å². The van der Waals surface area contributed by atoms with Gasteiger partial charge in [-0.15, -0.1) is 0 Å². The molecule has 0 aromatic rings. The standard InChI is InChI=1S/C12H20O4/c1-3-4-5-6-7-9(2)10(12(15)16)8-11(13)14/h6-7,9-10H,3-5,8H2,1-2H3,(H,13,14)(H,15,16)/b7-6+. The Hall–Kier alpha value is -1.32. The van der Waals surface area contributed by atoms with Crippen LogP contribution in [-0.2, 0) is 9.59 Å². The quantitative estimate of drug-likeness (QED) is 0.494. The molecule has 92 valence electrons. The Bertz CT molecular complexity index is 258. The molecular formula is C12H20O4. The predicted molar refractivity (Wildman–Crippen MR) is 61.2 cm³/mol. The topological polar surface area (TPSA) is 74.6 Å². The van der Waals surface area contributed by atoms with Gasteiger partial charge in [-0.2, -0.15) is 0 Å². The highest BCUT2D eigenvalue weighted by Crippen LogP contribution is 2.18. The van der Waals surface area contributed by atoms with Crippen LogP contribution in [0.2, 0.25) is 0 Å². The first-order valence-electron chi connectivity index (χ1n) is 5.60. The number of hydrogen-bond donors (Lipinski definition) is 2. The first kappa shape index (κ1) is 14.7. The van der Waals surface area contributed by atoms with Crippen LogP contribution in [-0.4, -0.2) is 22.2 Å². The van der Waals surface area contributed by atoms with Crippen molar-refractivity contribution in [1.82, 2.24) is 0 Å². The average Bonchev–Trinajstić information content (AvgIpc) is 2.20. The second-order valence-corrected chi connectivity index (χ2v) is 3.97. The van der Waals surface area contributed by atoms with Crippen LogP contribution in [0.4, 0.5) is 0 Å². The molecule has 0 aromatic carbocycles. The van der Waals surface area contributed by atoms with E-state index < -0.39 is 17.9 Å². The smallest absolute Gasteiger partial charge is 0.307 e. The molecule has 0 amide bonds. The van der Waals surface area contributed by atoms with Crippen LogP contribution in [0.3, 0.4) is 0 Å². The molecule has 0 aliphatic carbocycles. The molecule has 0 saturated heterocycles. The number of carboxylic acids is 2. The molecule has 0 spiro atoms. The maximum absolute atomic E-state index is 10.9. The fraction of sp³-hybridized carbons (Fsp3) is 0.667. The van der Waals surface area contributed by atoms with E-state index in [2.05, 4.69) is 6.92 Å². The molecule has 0 aromatic heterocycles. The number of unbranched alkanes of at least 4 members (excludes halogenated alkanes) is 2. The van der Waals surface area contributed by atoms with Crippen molar-refractivity contribution in [3.8, 4) is 0 Å². The highest BCUT2D eigenvalue weighted by Gasteiger charge is 2.25. The molecule has 0 rings (SSSR count). The number of allylic oxidation sites excluding steroid dienone is 2. The van der Waals surface area contributed by atoms with E-state index >= 15 is 0 Å². The molecule has 0 bridgehead atoms. The van der Waals surface area contributed by atoms with Crippen LogP contribution >= 0.6 is 0 Å². The van der Waals surface area contributed by atoms with Crippen molar-refractivity contribution in [1.29, 1.82) is 0 Å². The van der Waals surface area contributed by atoms with Crippen molar-refractivity contribution >= 4 is 11.9 Å². The third kappa shape index (κ3) is 6.22. The van der Waals surface area contributed by atoms with E-state index in [0.717, 1.165) is 19.3 Å². The summed E-state index contributed by atoms with van der Waals surface area (Å²) < 4.78 is 0. The highest BCUT2D eigenvalue weighted by atomic mass is 16.4. The van der Waals surface area contributed by atoms with E-state index in [4.69, 9.17) is 10.2 Å². The van der Waals surface area contributed by atoms with Crippen molar-refractivity contribution in [2.24, 2.45) is 11.8 Å². The van der Waals surface area contributed by atoms with Gasteiger partial charge in [0.15, 0.2) is 0 Å². The van der Waals surface area contributed by atoms with Gasteiger partial charge in [-0.05, 0) is 12.3 Å². The van der Waals surface area contributed by atoms with Crippen molar-refractivity contribution < 1.29 is 19.8 Å². The molecule has 4 nitrogen and oxygen atoms in total. The van der Waals surface area contributed by atoms with Gasteiger partial charge >= 0.3 is 11.9 Å². The maximum atomic E-state index is 10.9. The summed E-state index contributed by atoms with van der Waals surface area (Å²) in [5.41, 5.74) is 0. The second kappa shape index (κ2) is 7.91. The van der Waals surface area contributed by atoms with E-state index in [1.54, 1.807) is 13.0 Å². The zero-order valence-corrected chi connectivity index (χ0v) is 9.85. The molecule has 0 heterocycles. The lowest BCUT2D eigenvalue weighted by atomic mass is 9.90. The van der Waals surface area contributed by atoms with Gasteiger partial charge in [0.25, 0.3) is 0 Å². The highest BCUT2D eigenvalue weighted by molar-refractivity contribution is 5.78. The van der Waals surface area contributed by atoms with Gasteiger partial charge in [0.2, 0.25) is 0 Å². The van der Waals surface area contributed by atoms with E-state index in [1.165, 1.54) is 0 Å². The Morgan fingerprint density at radius 3 is 2.38 bits per heavy atom. The van der Waals surface area contributed by atoms with Gasteiger partial charge in [-0.25, -0.2) is 0 Å². The summed E-state index contributed by atoms with van der Waals surface area (Å²) in [5.74, 6) is -3.20. The minimum atomic E-state index is -1.07. The molecule has 2 unspecified atom stereocenters. The van der Waals surface area contributed by atoms with Crippen molar-refractivity contribution in [3.63, 3.8) is 0 Å². The largest absolute Gasteiger partial charge is 0.481 e. The third-order valence-corrected chi connectivity index (χ3v) is 2.51. The van der Waals surface area contributed by atoms with Gasteiger partial charge in [-0.1, -0.05) is 38.8 Å². The molecule has 16 heavy (non-hydrogen) atoms. The fourth-order valence-corrected chi connectivity index (χ4v) is 1.45. The lowest BCUT2D eigenvalue weighted by molar-refractivity contribution is -0.149. The fourth-order valence-electron chi connectivity index (χ4n) is 1.45. The lowest BCUT2D eigenvalue weighted by Crippen LogP contribution is -2.23. The number of hydrogen-bond acceptors (Lipinski definition) is 2. The second-order valence-electron chi connectivity index (χ2n) is 3.97. The number of rotatable bonds is 8. The minimum absolute atomic E-state index is 0.245. The first-order chi connectivity index (χ1) is 7.49. The van der Waals surface area contributed by atoms with Crippen LogP contribution in [0.25, 0.3) is 0 Å². The lowest BCUT2D eigenvalue weighted by Gasteiger charge is -2.14. The number of aliphatic carboxylic acids is 2. The molecule has 4 heteroatoms. The summed E-state index contributed by atoms with van der Waals surface area (Å²) in [6.45, 7) is 3.83. The van der Waals surface area contributed by atoms with Gasteiger partial charge in [-0.3, -0.25) is 9.59 Å². The van der Waals surface area contributed by atoms with Gasteiger partial charge in [0.05, 0.1) is 12.3 Å². The summed E-state index contributed by atoms with van der Waals surface area (Å²) in [6, 6.07) is 0. The minimum Gasteiger partial charge on any atom is -0.481 e. The summed E-state index contributed by atoms with van der Waals surface area (Å²) in [5, 5.41) is 17.5.